The summed E-state index contributed by atoms with van der Waals surface area (Å²) in [7, 11) is 0. The van der Waals surface area contributed by atoms with Crippen LogP contribution in [0.5, 0.6) is 0 Å². The number of halogens is 1. The minimum absolute atomic E-state index is 0.263. The molecule has 0 amide bonds. The summed E-state index contributed by atoms with van der Waals surface area (Å²) >= 11 is 1.23. The molecule has 3 aromatic heterocycles. The fourth-order valence-electron chi connectivity index (χ4n) is 3.02. The third-order valence-corrected chi connectivity index (χ3v) is 5.44. The lowest BCUT2D eigenvalue weighted by Gasteiger charge is -2.12. The van der Waals surface area contributed by atoms with Crippen molar-refractivity contribution in [1.29, 1.82) is 0 Å². The van der Waals surface area contributed by atoms with E-state index in [-0.39, 0.29) is 11.4 Å². The van der Waals surface area contributed by atoms with Gasteiger partial charge in [0.2, 0.25) is 0 Å². The van der Waals surface area contributed by atoms with Crippen LogP contribution in [0.3, 0.4) is 0 Å². The van der Waals surface area contributed by atoms with E-state index < -0.39 is 0 Å². The SMILES string of the molecule is O=c1c2sc(-c3cncnc3)nc2nc(-c2ccccc2)n1-c1ccc(F)cc1. The van der Waals surface area contributed by atoms with Crippen molar-refractivity contribution < 1.29 is 4.39 Å². The maximum Gasteiger partial charge on any atom is 0.278 e. The van der Waals surface area contributed by atoms with Gasteiger partial charge in [-0.2, -0.15) is 0 Å². The maximum atomic E-state index is 13.4. The Labute approximate surface area is 168 Å². The van der Waals surface area contributed by atoms with Crippen molar-refractivity contribution in [1.82, 2.24) is 24.5 Å². The summed E-state index contributed by atoms with van der Waals surface area (Å²) < 4.78 is 15.3. The van der Waals surface area contributed by atoms with Crippen molar-refractivity contribution in [3.05, 3.63) is 89.5 Å². The van der Waals surface area contributed by atoms with Gasteiger partial charge in [-0.15, -0.1) is 11.3 Å². The number of hydrogen-bond acceptors (Lipinski definition) is 6. The Hall–Kier alpha value is -3.78. The predicted molar refractivity (Wildman–Crippen MR) is 109 cm³/mol. The number of aromatic nitrogens is 5. The molecule has 0 bridgehead atoms. The summed E-state index contributed by atoms with van der Waals surface area (Å²) in [6, 6.07) is 15.1. The molecule has 8 heteroatoms. The van der Waals surface area contributed by atoms with E-state index >= 15 is 0 Å². The van der Waals surface area contributed by atoms with Gasteiger partial charge < -0.3 is 0 Å². The zero-order chi connectivity index (χ0) is 19.8. The monoisotopic (exact) mass is 401 g/mol. The molecule has 0 N–H and O–H groups in total. The van der Waals surface area contributed by atoms with Gasteiger partial charge in [0.05, 0.1) is 5.69 Å². The zero-order valence-electron chi connectivity index (χ0n) is 14.9. The Bertz CT molecular complexity index is 1370. The van der Waals surface area contributed by atoms with Crippen LogP contribution in [0.2, 0.25) is 0 Å². The number of hydrogen-bond donors (Lipinski definition) is 0. The van der Waals surface area contributed by atoms with Gasteiger partial charge in [-0.05, 0) is 24.3 Å². The van der Waals surface area contributed by atoms with Gasteiger partial charge in [-0.3, -0.25) is 9.36 Å². The van der Waals surface area contributed by atoms with Crippen molar-refractivity contribution in [3.8, 4) is 27.6 Å². The van der Waals surface area contributed by atoms with E-state index in [1.54, 1.807) is 24.5 Å². The highest BCUT2D eigenvalue weighted by Gasteiger charge is 2.18. The highest BCUT2D eigenvalue weighted by molar-refractivity contribution is 7.21. The summed E-state index contributed by atoms with van der Waals surface area (Å²) in [5.74, 6) is 0.0668. The van der Waals surface area contributed by atoms with E-state index in [4.69, 9.17) is 0 Å². The molecule has 29 heavy (non-hydrogen) atoms. The lowest BCUT2D eigenvalue weighted by Crippen LogP contribution is -2.21. The quantitative estimate of drug-likeness (QED) is 0.455. The molecule has 0 aliphatic carbocycles. The number of thiazole rings is 1. The minimum atomic E-state index is -0.374. The fraction of sp³-hybridized carbons (Fsp3) is 0. The Morgan fingerprint density at radius 2 is 1.59 bits per heavy atom. The van der Waals surface area contributed by atoms with Gasteiger partial charge in [0.1, 0.15) is 27.7 Å². The van der Waals surface area contributed by atoms with Crippen LogP contribution in [0.25, 0.3) is 38.0 Å². The summed E-state index contributed by atoms with van der Waals surface area (Å²) in [6.07, 6.45) is 4.72. The molecule has 3 heterocycles. The van der Waals surface area contributed by atoms with Gasteiger partial charge in [-0.25, -0.2) is 24.3 Å². The summed E-state index contributed by atoms with van der Waals surface area (Å²) in [5, 5.41) is 0.612. The van der Waals surface area contributed by atoms with Crippen molar-refractivity contribution in [3.63, 3.8) is 0 Å². The van der Waals surface area contributed by atoms with Crippen LogP contribution in [-0.2, 0) is 0 Å². The molecule has 0 aliphatic heterocycles. The maximum absolute atomic E-state index is 13.4. The molecule has 2 aromatic carbocycles. The van der Waals surface area contributed by atoms with Crippen LogP contribution in [-0.4, -0.2) is 24.5 Å². The van der Waals surface area contributed by atoms with Crippen molar-refractivity contribution in [2.24, 2.45) is 0 Å². The largest absolute Gasteiger partial charge is 0.278 e. The molecule has 6 nitrogen and oxygen atoms in total. The first kappa shape index (κ1) is 17.3. The summed E-state index contributed by atoms with van der Waals surface area (Å²) in [5.41, 5.74) is 2.10. The van der Waals surface area contributed by atoms with E-state index in [0.717, 1.165) is 5.56 Å². The molecule has 0 saturated carbocycles. The second-order valence-electron chi connectivity index (χ2n) is 6.22. The second-order valence-corrected chi connectivity index (χ2v) is 7.22. The van der Waals surface area contributed by atoms with E-state index in [9.17, 15) is 9.18 Å². The molecule has 5 aromatic rings. The Kier molecular flexibility index (Phi) is 4.18. The molecule has 5 rings (SSSR count). The van der Waals surface area contributed by atoms with Crippen LogP contribution >= 0.6 is 11.3 Å². The molecule has 0 radical (unpaired) electrons. The highest BCUT2D eigenvalue weighted by Crippen LogP contribution is 2.29. The minimum Gasteiger partial charge on any atom is -0.267 e. The average Bonchev–Trinajstić information content (AvgIpc) is 3.21. The van der Waals surface area contributed by atoms with Gasteiger partial charge >= 0.3 is 0 Å². The second kappa shape index (κ2) is 6.99. The van der Waals surface area contributed by atoms with Gasteiger partial charge in [-0.1, -0.05) is 30.3 Å². The summed E-state index contributed by atoms with van der Waals surface area (Å²) in [4.78, 5) is 30.6. The first-order chi connectivity index (χ1) is 14.2. The van der Waals surface area contributed by atoms with E-state index in [1.165, 1.54) is 34.4 Å². The molecule has 0 aliphatic rings. The first-order valence-electron chi connectivity index (χ1n) is 8.71. The van der Waals surface area contributed by atoms with Gasteiger partial charge in [0.15, 0.2) is 5.65 Å². The average molecular weight is 401 g/mol. The molecule has 0 spiro atoms. The molecule has 0 unspecified atom stereocenters. The van der Waals surface area contributed by atoms with E-state index in [2.05, 4.69) is 19.9 Å². The smallest absolute Gasteiger partial charge is 0.267 e. The van der Waals surface area contributed by atoms with E-state index in [1.807, 2.05) is 30.3 Å². The molecule has 0 saturated heterocycles. The third-order valence-electron chi connectivity index (χ3n) is 4.35. The number of benzene rings is 2. The molecular weight excluding hydrogens is 389 g/mol. The van der Waals surface area contributed by atoms with E-state index in [0.29, 0.717) is 32.4 Å². The van der Waals surface area contributed by atoms with Crippen LogP contribution in [0.15, 0.2) is 78.1 Å². The molecular formula is C21H12FN5OS. The van der Waals surface area contributed by atoms with Gasteiger partial charge in [0, 0.05) is 23.5 Å². The van der Waals surface area contributed by atoms with Crippen LogP contribution in [0.1, 0.15) is 0 Å². The molecule has 0 fully saturated rings. The summed E-state index contributed by atoms with van der Waals surface area (Å²) in [6.45, 7) is 0. The van der Waals surface area contributed by atoms with Gasteiger partial charge in [0.25, 0.3) is 5.56 Å². The number of nitrogens with zero attached hydrogens (tertiary/aromatic N) is 5. The van der Waals surface area contributed by atoms with Crippen molar-refractivity contribution >= 4 is 21.7 Å². The topological polar surface area (TPSA) is 73.6 Å². The lowest BCUT2D eigenvalue weighted by atomic mass is 10.2. The van der Waals surface area contributed by atoms with Crippen LogP contribution < -0.4 is 5.56 Å². The van der Waals surface area contributed by atoms with Crippen molar-refractivity contribution in [2.45, 2.75) is 0 Å². The van der Waals surface area contributed by atoms with Crippen LogP contribution in [0.4, 0.5) is 4.39 Å². The first-order valence-corrected chi connectivity index (χ1v) is 9.53. The normalized spacial score (nSPS) is 11.1. The Morgan fingerprint density at radius 3 is 2.31 bits per heavy atom. The number of fused-ring (bicyclic) bond motifs is 1. The lowest BCUT2D eigenvalue weighted by molar-refractivity contribution is 0.627. The Morgan fingerprint density at radius 1 is 0.862 bits per heavy atom. The zero-order valence-corrected chi connectivity index (χ0v) is 15.7. The fourth-order valence-corrected chi connectivity index (χ4v) is 3.93. The third kappa shape index (κ3) is 3.09. The Balaban J connectivity index is 1.82. The molecule has 0 atom stereocenters. The highest BCUT2D eigenvalue weighted by atomic mass is 32.1. The number of rotatable bonds is 3. The van der Waals surface area contributed by atoms with Crippen LogP contribution in [0, 0.1) is 5.82 Å². The molecule has 140 valence electrons. The predicted octanol–water partition coefficient (Wildman–Crippen LogP) is 4.11. The standard InChI is InChI=1S/C21H12FN5OS/c22-15-6-8-16(9-7-15)27-19(13-4-2-1-3-5-13)25-18-17(21(27)28)29-20(26-18)14-10-23-12-24-11-14/h1-12H. The van der Waals surface area contributed by atoms with Crippen molar-refractivity contribution in [2.75, 3.05) is 0 Å².